The van der Waals surface area contributed by atoms with E-state index < -0.39 is 5.60 Å². The fourth-order valence-electron chi connectivity index (χ4n) is 2.92. The van der Waals surface area contributed by atoms with Crippen LogP contribution in [-0.2, 0) is 9.53 Å². The number of carbonyl (C=O) groups excluding carboxylic acids is 1. The van der Waals surface area contributed by atoms with Crippen LogP contribution in [0.15, 0.2) is 45.6 Å². The minimum atomic E-state index is -0.466. The van der Waals surface area contributed by atoms with E-state index in [9.17, 15) is 9.59 Å². The summed E-state index contributed by atoms with van der Waals surface area (Å²) in [5.74, 6) is 6.53. The van der Waals surface area contributed by atoms with Gasteiger partial charge in [-0.25, -0.2) is 0 Å². The van der Waals surface area contributed by atoms with Gasteiger partial charge in [-0.1, -0.05) is 11.8 Å². The summed E-state index contributed by atoms with van der Waals surface area (Å²) >= 11 is 0. The van der Waals surface area contributed by atoms with Gasteiger partial charge in [0, 0.05) is 24.5 Å². The van der Waals surface area contributed by atoms with Gasteiger partial charge in [-0.15, -0.1) is 0 Å². The number of methoxy groups -OCH3 is 1. The Balaban J connectivity index is 1.75. The lowest BCUT2D eigenvalue weighted by atomic mass is 10.1. The molecule has 3 aromatic rings. The van der Waals surface area contributed by atoms with Crippen molar-refractivity contribution in [2.45, 2.75) is 45.6 Å². The van der Waals surface area contributed by atoms with Crippen molar-refractivity contribution in [3.8, 4) is 17.6 Å². The lowest BCUT2D eigenvalue weighted by Crippen LogP contribution is -2.23. The molecule has 0 unspecified atom stereocenters. The van der Waals surface area contributed by atoms with Gasteiger partial charge in [0.1, 0.15) is 22.5 Å². The van der Waals surface area contributed by atoms with Gasteiger partial charge in [0.05, 0.1) is 17.9 Å². The summed E-state index contributed by atoms with van der Waals surface area (Å²) in [6.07, 6.45) is 1.55. The zero-order valence-corrected chi connectivity index (χ0v) is 17.1. The second kappa shape index (κ2) is 8.40. The van der Waals surface area contributed by atoms with E-state index in [2.05, 4.69) is 11.8 Å². The van der Waals surface area contributed by atoms with Gasteiger partial charge in [0.2, 0.25) is 5.43 Å². The Morgan fingerprint density at radius 1 is 1.07 bits per heavy atom. The van der Waals surface area contributed by atoms with E-state index in [1.165, 1.54) is 0 Å². The number of ether oxygens (including phenoxy) is 2. The summed E-state index contributed by atoms with van der Waals surface area (Å²) in [6.45, 7) is 5.55. The number of fused-ring (bicyclic) bond motifs is 2. The molecule has 0 spiro atoms. The highest BCUT2D eigenvalue weighted by atomic mass is 16.6. The molecule has 0 saturated heterocycles. The molecule has 2 aromatic carbocycles. The third-order valence-electron chi connectivity index (χ3n) is 4.21. The molecule has 5 heteroatoms. The lowest BCUT2D eigenvalue weighted by Gasteiger charge is -2.19. The number of hydrogen-bond donors (Lipinski definition) is 0. The Kier molecular flexibility index (Phi) is 5.93. The summed E-state index contributed by atoms with van der Waals surface area (Å²) < 4.78 is 16.4. The number of hydrogen-bond acceptors (Lipinski definition) is 5. The molecule has 0 fully saturated rings. The van der Waals surface area contributed by atoms with Gasteiger partial charge in [-0.3, -0.25) is 9.59 Å². The van der Waals surface area contributed by atoms with Crippen molar-refractivity contribution in [2.75, 3.05) is 7.11 Å². The molecule has 0 aliphatic carbocycles. The molecule has 0 bridgehead atoms. The molecule has 0 saturated carbocycles. The zero-order chi connectivity index (χ0) is 21.0. The summed E-state index contributed by atoms with van der Waals surface area (Å²) in [5, 5.41) is 1.03. The molecule has 5 nitrogen and oxygen atoms in total. The SMILES string of the molecule is COc1ccc2c(=O)c3ccc(C#CCCCC(=O)OC(C)(C)C)cc3oc2c1. The number of unbranched alkanes of at least 4 members (excludes halogenated alkanes) is 1. The molecular weight excluding hydrogens is 368 g/mol. The number of rotatable bonds is 4. The summed E-state index contributed by atoms with van der Waals surface area (Å²) in [4.78, 5) is 24.4. The molecule has 150 valence electrons. The average Bonchev–Trinajstić information content (AvgIpc) is 2.66. The van der Waals surface area contributed by atoms with Crippen LogP contribution in [0, 0.1) is 11.8 Å². The van der Waals surface area contributed by atoms with E-state index in [-0.39, 0.29) is 11.4 Å². The zero-order valence-electron chi connectivity index (χ0n) is 17.1. The van der Waals surface area contributed by atoms with Crippen molar-refractivity contribution in [1.82, 2.24) is 0 Å². The van der Waals surface area contributed by atoms with Gasteiger partial charge in [0.15, 0.2) is 0 Å². The van der Waals surface area contributed by atoms with E-state index in [1.807, 2.05) is 20.8 Å². The van der Waals surface area contributed by atoms with Crippen LogP contribution < -0.4 is 10.2 Å². The average molecular weight is 392 g/mol. The minimum absolute atomic E-state index is 0.0826. The first-order chi connectivity index (χ1) is 13.8. The second-order valence-electron chi connectivity index (χ2n) is 7.75. The Labute approximate surface area is 169 Å². The van der Waals surface area contributed by atoms with Crippen molar-refractivity contribution in [3.63, 3.8) is 0 Å². The molecule has 0 aliphatic heterocycles. The Morgan fingerprint density at radius 3 is 2.45 bits per heavy atom. The van der Waals surface area contributed by atoms with Crippen molar-refractivity contribution < 1.29 is 18.7 Å². The van der Waals surface area contributed by atoms with Crippen LogP contribution in [0.2, 0.25) is 0 Å². The fourth-order valence-corrected chi connectivity index (χ4v) is 2.92. The second-order valence-corrected chi connectivity index (χ2v) is 7.75. The third-order valence-corrected chi connectivity index (χ3v) is 4.21. The maximum atomic E-state index is 12.7. The molecule has 1 aromatic heterocycles. The molecule has 3 rings (SSSR count). The number of carbonyl (C=O) groups is 1. The molecule has 0 aliphatic rings. The van der Waals surface area contributed by atoms with Crippen LogP contribution in [0.3, 0.4) is 0 Å². The van der Waals surface area contributed by atoms with E-state index in [0.29, 0.717) is 47.0 Å². The molecule has 1 heterocycles. The first-order valence-corrected chi connectivity index (χ1v) is 9.52. The van der Waals surface area contributed by atoms with Gasteiger partial charge in [0.25, 0.3) is 0 Å². The summed E-state index contributed by atoms with van der Waals surface area (Å²) in [5.41, 5.74) is 1.16. The Hall–Kier alpha value is -3.26. The van der Waals surface area contributed by atoms with E-state index in [1.54, 1.807) is 43.5 Å². The highest BCUT2D eigenvalue weighted by Crippen LogP contribution is 2.23. The minimum Gasteiger partial charge on any atom is -0.497 e. The van der Waals surface area contributed by atoms with Gasteiger partial charge >= 0.3 is 5.97 Å². The fraction of sp³-hybridized carbons (Fsp3) is 0.333. The first-order valence-electron chi connectivity index (χ1n) is 9.52. The molecule has 0 N–H and O–H groups in total. The normalized spacial score (nSPS) is 11.2. The van der Waals surface area contributed by atoms with Crippen molar-refractivity contribution in [1.29, 1.82) is 0 Å². The van der Waals surface area contributed by atoms with Crippen LogP contribution in [0.4, 0.5) is 0 Å². The summed E-state index contributed by atoms with van der Waals surface area (Å²) in [7, 11) is 1.57. The first kappa shape index (κ1) is 20.5. The third kappa shape index (κ3) is 5.17. The summed E-state index contributed by atoms with van der Waals surface area (Å²) in [6, 6.07) is 10.4. The quantitative estimate of drug-likeness (QED) is 0.276. The molecule has 0 amide bonds. The Bertz CT molecular complexity index is 1170. The predicted octanol–water partition coefficient (Wildman–Crippen LogP) is 4.82. The van der Waals surface area contributed by atoms with Crippen LogP contribution in [-0.4, -0.2) is 18.7 Å². The van der Waals surface area contributed by atoms with Crippen LogP contribution >= 0.6 is 0 Å². The standard InChI is InChI=1S/C24H24O5/c1-24(2,3)29-22(25)9-7-5-6-8-16-10-12-18-20(14-16)28-21-15-17(27-4)11-13-19(21)23(18)26/h10-15H,5,7,9H2,1-4H3. The molecule has 0 atom stereocenters. The van der Waals surface area contributed by atoms with E-state index in [4.69, 9.17) is 13.9 Å². The maximum Gasteiger partial charge on any atom is 0.306 e. The maximum absolute atomic E-state index is 12.7. The smallest absolute Gasteiger partial charge is 0.306 e. The highest BCUT2D eigenvalue weighted by molar-refractivity contribution is 5.90. The predicted molar refractivity (Wildman–Crippen MR) is 113 cm³/mol. The van der Waals surface area contributed by atoms with Gasteiger partial charge in [-0.2, -0.15) is 0 Å². The largest absolute Gasteiger partial charge is 0.497 e. The molecular formula is C24H24O5. The van der Waals surface area contributed by atoms with Crippen LogP contribution in [0.5, 0.6) is 5.75 Å². The highest BCUT2D eigenvalue weighted by Gasteiger charge is 2.15. The van der Waals surface area contributed by atoms with E-state index >= 15 is 0 Å². The van der Waals surface area contributed by atoms with Gasteiger partial charge in [-0.05, 0) is 57.5 Å². The number of benzene rings is 2. The van der Waals surface area contributed by atoms with Crippen molar-refractivity contribution in [2.24, 2.45) is 0 Å². The molecule has 29 heavy (non-hydrogen) atoms. The monoisotopic (exact) mass is 392 g/mol. The van der Waals surface area contributed by atoms with Gasteiger partial charge < -0.3 is 13.9 Å². The van der Waals surface area contributed by atoms with Crippen LogP contribution in [0.25, 0.3) is 21.9 Å². The van der Waals surface area contributed by atoms with Crippen molar-refractivity contribution >= 4 is 27.9 Å². The van der Waals surface area contributed by atoms with Crippen LogP contribution in [0.1, 0.15) is 45.6 Å². The number of esters is 1. The van der Waals surface area contributed by atoms with Crippen molar-refractivity contribution in [3.05, 3.63) is 52.2 Å². The molecule has 0 radical (unpaired) electrons. The lowest BCUT2D eigenvalue weighted by molar-refractivity contribution is -0.154. The topological polar surface area (TPSA) is 65.7 Å². The Morgan fingerprint density at radius 2 is 1.76 bits per heavy atom. The van der Waals surface area contributed by atoms with E-state index in [0.717, 1.165) is 5.56 Å².